The van der Waals surface area contributed by atoms with Crippen molar-refractivity contribution in [2.75, 3.05) is 11.9 Å². The number of carbonyl (C=O) groups is 2. The van der Waals surface area contributed by atoms with E-state index in [0.717, 1.165) is 31.2 Å². The van der Waals surface area contributed by atoms with Gasteiger partial charge in [-0.25, -0.2) is 4.39 Å². The molecule has 1 unspecified atom stereocenters. The maximum atomic E-state index is 13.1. The number of carbonyl (C=O) groups excluding carboxylic acids is 2. The van der Waals surface area contributed by atoms with Crippen molar-refractivity contribution in [2.24, 2.45) is 0 Å². The first-order valence-corrected chi connectivity index (χ1v) is 11.1. The van der Waals surface area contributed by atoms with Crippen LogP contribution in [0.3, 0.4) is 0 Å². The first-order chi connectivity index (χ1) is 14.1. The third-order valence-corrected chi connectivity index (χ3v) is 6.00. The Morgan fingerprint density at radius 3 is 2.69 bits per heavy atom. The summed E-state index contributed by atoms with van der Waals surface area (Å²) in [4.78, 5) is 27.0. The van der Waals surface area contributed by atoms with Gasteiger partial charge in [0, 0.05) is 18.5 Å². The first-order valence-electron chi connectivity index (χ1n) is 10.3. The number of hydrogen-bond acceptors (Lipinski definition) is 5. The second kappa shape index (κ2) is 10.4. The summed E-state index contributed by atoms with van der Waals surface area (Å²) < 4.78 is 13.1. The molecule has 2 amide bonds. The van der Waals surface area contributed by atoms with E-state index in [4.69, 9.17) is 0 Å². The summed E-state index contributed by atoms with van der Waals surface area (Å²) in [6.07, 6.45) is 7.46. The molecule has 1 aliphatic heterocycles. The van der Waals surface area contributed by atoms with Crippen LogP contribution in [0.15, 0.2) is 24.3 Å². The fraction of sp³-hybridized carbons (Fsp3) is 0.524. The molecule has 0 aliphatic carbocycles. The standard InChI is InChI=1S/C21H27FN4O2S/c1-2-3-4-5-6-9-18(27)26-14-7-8-17(26)19(28)23-21-25-24-20(29-21)15-10-12-16(22)13-11-15/h10-13,17H,2-9,14H2,1H3,(H,23,25,28). The Bertz CT molecular complexity index is 824. The van der Waals surface area contributed by atoms with Crippen LogP contribution in [0.4, 0.5) is 9.52 Å². The first kappa shape index (κ1) is 21.4. The number of rotatable bonds is 9. The summed E-state index contributed by atoms with van der Waals surface area (Å²) in [5.41, 5.74) is 0.741. The molecule has 3 rings (SSSR count). The molecule has 1 atom stereocenters. The minimum atomic E-state index is -0.448. The fourth-order valence-electron chi connectivity index (χ4n) is 3.53. The largest absolute Gasteiger partial charge is 0.331 e. The van der Waals surface area contributed by atoms with Crippen molar-refractivity contribution in [1.29, 1.82) is 0 Å². The lowest BCUT2D eigenvalue weighted by atomic mass is 10.1. The molecular weight excluding hydrogens is 391 g/mol. The van der Waals surface area contributed by atoms with Crippen LogP contribution >= 0.6 is 11.3 Å². The van der Waals surface area contributed by atoms with E-state index in [1.54, 1.807) is 17.0 Å². The van der Waals surface area contributed by atoms with Crippen molar-refractivity contribution in [3.05, 3.63) is 30.1 Å². The molecule has 156 valence electrons. The Balaban J connectivity index is 1.54. The number of benzene rings is 1. The number of nitrogens with zero attached hydrogens (tertiary/aromatic N) is 3. The van der Waals surface area contributed by atoms with E-state index in [2.05, 4.69) is 22.4 Å². The number of anilines is 1. The van der Waals surface area contributed by atoms with Gasteiger partial charge < -0.3 is 4.90 Å². The van der Waals surface area contributed by atoms with Gasteiger partial charge in [-0.05, 0) is 43.5 Å². The topological polar surface area (TPSA) is 75.2 Å². The predicted molar refractivity (Wildman–Crippen MR) is 112 cm³/mol. The van der Waals surface area contributed by atoms with E-state index in [-0.39, 0.29) is 17.6 Å². The van der Waals surface area contributed by atoms with E-state index in [9.17, 15) is 14.0 Å². The maximum absolute atomic E-state index is 13.1. The molecule has 1 aromatic carbocycles. The molecule has 1 N–H and O–H groups in total. The van der Waals surface area contributed by atoms with Crippen LogP contribution in [0.25, 0.3) is 10.6 Å². The molecule has 2 aromatic rings. The van der Waals surface area contributed by atoms with Crippen molar-refractivity contribution < 1.29 is 14.0 Å². The number of unbranched alkanes of at least 4 members (excludes halogenated alkanes) is 4. The van der Waals surface area contributed by atoms with Crippen LogP contribution < -0.4 is 5.32 Å². The smallest absolute Gasteiger partial charge is 0.249 e. The van der Waals surface area contributed by atoms with Crippen LogP contribution in [0.1, 0.15) is 58.3 Å². The molecule has 0 spiro atoms. The number of aromatic nitrogens is 2. The predicted octanol–water partition coefficient (Wildman–Crippen LogP) is 4.63. The number of halogens is 1. The molecule has 2 heterocycles. The monoisotopic (exact) mass is 418 g/mol. The highest BCUT2D eigenvalue weighted by molar-refractivity contribution is 7.18. The van der Waals surface area contributed by atoms with Gasteiger partial charge in [-0.3, -0.25) is 14.9 Å². The van der Waals surface area contributed by atoms with Gasteiger partial charge in [0.1, 0.15) is 16.9 Å². The third kappa shape index (κ3) is 5.82. The molecule has 6 nitrogen and oxygen atoms in total. The van der Waals surface area contributed by atoms with Gasteiger partial charge in [0.15, 0.2) is 0 Å². The Morgan fingerprint density at radius 1 is 1.17 bits per heavy atom. The zero-order valence-corrected chi connectivity index (χ0v) is 17.5. The van der Waals surface area contributed by atoms with Gasteiger partial charge in [-0.15, -0.1) is 10.2 Å². The van der Waals surface area contributed by atoms with Gasteiger partial charge in [0.25, 0.3) is 0 Å². The van der Waals surface area contributed by atoms with E-state index in [0.29, 0.717) is 29.5 Å². The molecule has 0 bridgehead atoms. The number of amides is 2. The Kier molecular flexibility index (Phi) is 7.69. The summed E-state index contributed by atoms with van der Waals surface area (Å²) in [5.74, 6) is -0.477. The van der Waals surface area contributed by atoms with Crippen LogP contribution in [0.2, 0.25) is 0 Å². The highest BCUT2D eigenvalue weighted by Gasteiger charge is 2.34. The summed E-state index contributed by atoms with van der Waals surface area (Å²) in [6, 6.07) is 5.52. The second-order valence-corrected chi connectivity index (χ2v) is 8.30. The van der Waals surface area contributed by atoms with Crippen LogP contribution in [-0.2, 0) is 9.59 Å². The van der Waals surface area contributed by atoms with Crippen molar-refractivity contribution in [3.8, 4) is 10.6 Å². The normalized spacial score (nSPS) is 16.2. The molecule has 1 aromatic heterocycles. The minimum Gasteiger partial charge on any atom is -0.331 e. The van der Waals surface area contributed by atoms with Crippen LogP contribution in [0.5, 0.6) is 0 Å². The molecule has 29 heavy (non-hydrogen) atoms. The average molecular weight is 419 g/mol. The van der Waals surface area contributed by atoms with Crippen molar-refractivity contribution in [3.63, 3.8) is 0 Å². The molecule has 1 saturated heterocycles. The van der Waals surface area contributed by atoms with E-state index in [1.807, 2.05) is 0 Å². The lowest BCUT2D eigenvalue weighted by Crippen LogP contribution is -2.43. The zero-order valence-electron chi connectivity index (χ0n) is 16.7. The number of nitrogens with one attached hydrogen (secondary N) is 1. The van der Waals surface area contributed by atoms with Gasteiger partial charge in [-0.2, -0.15) is 0 Å². The Morgan fingerprint density at radius 2 is 1.93 bits per heavy atom. The Hall–Kier alpha value is -2.35. The zero-order chi connectivity index (χ0) is 20.6. The lowest BCUT2D eigenvalue weighted by molar-refractivity contribution is -0.136. The number of hydrogen-bond donors (Lipinski definition) is 1. The van der Waals surface area contributed by atoms with Gasteiger partial charge in [0.05, 0.1) is 0 Å². The highest BCUT2D eigenvalue weighted by atomic mass is 32.1. The summed E-state index contributed by atoms with van der Waals surface area (Å²) in [7, 11) is 0. The Labute approximate surface area is 174 Å². The molecule has 0 radical (unpaired) electrons. The molecular formula is C21H27FN4O2S. The van der Waals surface area contributed by atoms with Crippen molar-refractivity contribution in [1.82, 2.24) is 15.1 Å². The quantitative estimate of drug-likeness (QED) is 0.602. The molecule has 0 saturated carbocycles. The summed E-state index contributed by atoms with van der Waals surface area (Å²) >= 11 is 1.23. The second-order valence-electron chi connectivity index (χ2n) is 7.32. The average Bonchev–Trinajstić information content (AvgIpc) is 3.38. The lowest BCUT2D eigenvalue weighted by Gasteiger charge is -2.23. The van der Waals surface area contributed by atoms with Crippen LogP contribution in [0, 0.1) is 5.82 Å². The highest BCUT2D eigenvalue weighted by Crippen LogP contribution is 2.27. The molecule has 1 fully saturated rings. The minimum absolute atomic E-state index is 0.0587. The van der Waals surface area contributed by atoms with Gasteiger partial charge in [0.2, 0.25) is 16.9 Å². The maximum Gasteiger partial charge on any atom is 0.249 e. The van der Waals surface area contributed by atoms with E-state index < -0.39 is 6.04 Å². The fourth-order valence-corrected chi connectivity index (χ4v) is 4.28. The molecule has 8 heteroatoms. The third-order valence-electron chi connectivity index (χ3n) is 5.12. The van der Waals surface area contributed by atoms with Gasteiger partial charge in [-0.1, -0.05) is 43.9 Å². The number of likely N-dealkylation sites (tertiary alicyclic amines) is 1. The SMILES string of the molecule is CCCCCCCC(=O)N1CCCC1C(=O)Nc1nnc(-c2ccc(F)cc2)s1. The van der Waals surface area contributed by atoms with Gasteiger partial charge >= 0.3 is 0 Å². The summed E-state index contributed by atoms with van der Waals surface area (Å²) in [6.45, 7) is 2.79. The van der Waals surface area contributed by atoms with Crippen molar-refractivity contribution >= 4 is 28.3 Å². The van der Waals surface area contributed by atoms with E-state index >= 15 is 0 Å². The van der Waals surface area contributed by atoms with E-state index in [1.165, 1.54) is 36.3 Å². The molecule has 1 aliphatic rings. The van der Waals surface area contributed by atoms with Crippen LogP contribution in [-0.4, -0.2) is 39.5 Å². The van der Waals surface area contributed by atoms with Crippen molar-refractivity contribution in [2.45, 2.75) is 64.3 Å². The summed E-state index contributed by atoms with van der Waals surface area (Å²) in [5, 5.41) is 11.9.